The second kappa shape index (κ2) is 12.5. The maximum Gasteiger partial charge on any atom is 0.335 e. The molecule has 0 saturated carbocycles. The highest BCUT2D eigenvalue weighted by atomic mass is 35.5. The Hall–Kier alpha value is -4.30. The Bertz CT molecular complexity index is 1660. The highest BCUT2D eigenvalue weighted by molar-refractivity contribution is 6.39. The topological polar surface area (TPSA) is 84.9 Å². The van der Waals surface area contributed by atoms with Crippen molar-refractivity contribution in [2.45, 2.75) is 13.2 Å². The third-order valence-corrected chi connectivity index (χ3v) is 6.99. The van der Waals surface area contributed by atoms with Crippen molar-refractivity contribution >= 4 is 64.4 Å². The molecule has 10 heteroatoms. The number of anilines is 1. The number of nitrogens with one attached hydrogen (secondary N) is 1. The van der Waals surface area contributed by atoms with E-state index in [9.17, 15) is 14.4 Å². The molecule has 0 aromatic heterocycles. The number of ether oxygens (including phenoxy) is 2. The van der Waals surface area contributed by atoms with Crippen LogP contribution in [0.3, 0.4) is 0 Å². The third kappa shape index (κ3) is 6.72. The Morgan fingerprint density at radius 2 is 1.51 bits per heavy atom. The van der Waals surface area contributed by atoms with E-state index < -0.39 is 17.8 Å². The third-order valence-electron chi connectivity index (χ3n) is 6.11. The van der Waals surface area contributed by atoms with Gasteiger partial charge in [-0.2, -0.15) is 0 Å². The first kappa shape index (κ1) is 28.2. The van der Waals surface area contributed by atoms with Gasteiger partial charge in [0.25, 0.3) is 11.8 Å². The highest BCUT2D eigenvalue weighted by Crippen LogP contribution is 2.30. The number of rotatable bonds is 8. The van der Waals surface area contributed by atoms with Crippen molar-refractivity contribution in [3.63, 3.8) is 0 Å². The van der Waals surface area contributed by atoms with Crippen LogP contribution in [-0.4, -0.2) is 17.8 Å². The van der Waals surface area contributed by atoms with E-state index in [1.165, 1.54) is 6.08 Å². The standard InChI is InChI=1S/C31H21Cl3N2O5/c32-22-8-7-21(26(33)16-22)18-41-28-13-6-20(15-27(28)34)14-25-29(37)35-31(39)36(30(25)38)23-9-11-24(12-10-23)40-17-19-4-2-1-3-5-19/h1-16H,17-18H2,(H,35,37,39)/b25-14+. The number of nitrogens with zero attached hydrogens (tertiary/aromatic N) is 1. The number of urea groups is 1. The highest BCUT2D eigenvalue weighted by Gasteiger charge is 2.36. The molecule has 1 saturated heterocycles. The summed E-state index contributed by atoms with van der Waals surface area (Å²) in [5.74, 6) is -0.645. The van der Waals surface area contributed by atoms with Crippen LogP contribution in [0, 0.1) is 0 Å². The molecule has 0 bridgehead atoms. The fraction of sp³-hybridized carbons (Fsp3) is 0.0645. The molecule has 1 heterocycles. The van der Waals surface area contributed by atoms with Crippen LogP contribution >= 0.6 is 34.8 Å². The second-order valence-electron chi connectivity index (χ2n) is 8.94. The zero-order valence-corrected chi connectivity index (χ0v) is 23.5. The summed E-state index contributed by atoms with van der Waals surface area (Å²) in [5.41, 5.74) is 2.24. The molecule has 5 rings (SSSR count). The minimum atomic E-state index is -0.849. The zero-order valence-electron chi connectivity index (χ0n) is 21.3. The van der Waals surface area contributed by atoms with Crippen LogP contribution in [0.25, 0.3) is 6.08 Å². The smallest absolute Gasteiger partial charge is 0.335 e. The van der Waals surface area contributed by atoms with E-state index in [0.29, 0.717) is 33.7 Å². The van der Waals surface area contributed by atoms with E-state index in [-0.39, 0.29) is 22.9 Å². The van der Waals surface area contributed by atoms with Crippen molar-refractivity contribution in [1.29, 1.82) is 0 Å². The minimum Gasteiger partial charge on any atom is -0.489 e. The second-order valence-corrected chi connectivity index (χ2v) is 10.2. The maximum atomic E-state index is 13.3. The van der Waals surface area contributed by atoms with Gasteiger partial charge in [0.05, 0.1) is 10.7 Å². The zero-order chi connectivity index (χ0) is 28.9. The van der Waals surface area contributed by atoms with Crippen LogP contribution in [0.2, 0.25) is 15.1 Å². The van der Waals surface area contributed by atoms with Crippen molar-refractivity contribution in [1.82, 2.24) is 5.32 Å². The predicted molar refractivity (Wildman–Crippen MR) is 158 cm³/mol. The molecule has 0 spiro atoms. The maximum absolute atomic E-state index is 13.3. The van der Waals surface area contributed by atoms with Crippen molar-refractivity contribution in [3.05, 3.63) is 128 Å². The van der Waals surface area contributed by atoms with Crippen LogP contribution in [0.1, 0.15) is 16.7 Å². The molecule has 1 aliphatic rings. The summed E-state index contributed by atoms with van der Waals surface area (Å²) >= 11 is 18.5. The van der Waals surface area contributed by atoms with E-state index in [1.807, 2.05) is 30.3 Å². The molecule has 41 heavy (non-hydrogen) atoms. The fourth-order valence-electron chi connectivity index (χ4n) is 4.01. The van der Waals surface area contributed by atoms with Crippen LogP contribution in [-0.2, 0) is 22.8 Å². The summed E-state index contributed by atoms with van der Waals surface area (Å²) in [5, 5.41) is 3.45. The number of hydrogen-bond donors (Lipinski definition) is 1. The Kier molecular flexibility index (Phi) is 8.59. The van der Waals surface area contributed by atoms with E-state index in [4.69, 9.17) is 44.3 Å². The Balaban J connectivity index is 1.29. The van der Waals surface area contributed by atoms with Crippen LogP contribution in [0.5, 0.6) is 11.5 Å². The number of benzene rings is 4. The van der Waals surface area contributed by atoms with Gasteiger partial charge in [-0.15, -0.1) is 0 Å². The summed E-state index contributed by atoms with van der Waals surface area (Å²) in [4.78, 5) is 39.4. The molecule has 4 aromatic rings. The number of carbonyl (C=O) groups excluding carboxylic acids is 3. The van der Waals surface area contributed by atoms with Gasteiger partial charge in [0.1, 0.15) is 30.3 Å². The van der Waals surface area contributed by atoms with E-state index in [2.05, 4.69) is 5.32 Å². The molecule has 4 amide bonds. The molecule has 4 aromatic carbocycles. The van der Waals surface area contributed by atoms with Crippen LogP contribution in [0.4, 0.5) is 10.5 Å². The van der Waals surface area contributed by atoms with Crippen LogP contribution in [0.15, 0.2) is 96.6 Å². The first-order valence-electron chi connectivity index (χ1n) is 12.3. The van der Waals surface area contributed by atoms with Gasteiger partial charge < -0.3 is 9.47 Å². The summed E-state index contributed by atoms with van der Waals surface area (Å²) in [6.07, 6.45) is 1.36. The largest absolute Gasteiger partial charge is 0.489 e. The molecule has 1 aliphatic heterocycles. The molecule has 0 radical (unpaired) electrons. The summed E-state index contributed by atoms with van der Waals surface area (Å²) in [7, 11) is 0. The number of carbonyl (C=O) groups is 3. The molecule has 1 N–H and O–H groups in total. The van der Waals surface area contributed by atoms with Crippen molar-refractivity contribution in [3.8, 4) is 11.5 Å². The monoisotopic (exact) mass is 606 g/mol. The number of hydrogen-bond acceptors (Lipinski definition) is 5. The van der Waals surface area contributed by atoms with Gasteiger partial charge in [-0.25, -0.2) is 9.69 Å². The summed E-state index contributed by atoms with van der Waals surface area (Å²) in [6, 6.07) is 25.1. The van der Waals surface area contributed by atoms with Gasteiger partial charge in [0.2, 0.25) is 0 Å². The van der Waals surface area contributed by atoms with E-state index in [0.717, 1.165) is 16.0 Å². The van der Waals surface area contributed by atoms with Gasteiger partial charge in [0, 0.05) is 15.6 Å². The number of amides is 4. The lowest BCUT2D eigenvalue weighted by molar-refractivity contribution is -0.122. The molecular weight excluding hydrogens is 587 g/mol. The molecular formula is C31H21Cl3N2O5. The Morgan fingerprint density at radius 1 is 0.756 bits per heavy atom. The predicted octanol–water partition coefficient (Wildman–Crippen LogP) is 7.47. The number of imide groups is 2. The number of halogens is 3. The first-order chi connectivity index (χ1) is 19.8. The molecule has 0 unspecified atom stereocenters. The summed E-state index contributed by atoms with van der Waals surface area (Å²) < 4.78 is 11.6. The van der Waals surface area contributed by atoms with Crippen molar-refractivity contribution < 1.29 is 23.9 Å². The van der Waals surface area contributed by atoms with Crippen molar-refractivity contribution in [2.75, 3.05) is 4.90 Å². The average molecular weight is 608 g/mol. The van der Waals surface area contributed by atoms with Crippen molar-refractivity contribution in [2.24, 2.45) is 0 Å². The normalized spacial score (nSPS) is 14.3. The van der Waals surface area contributed by atoms with Gasteiger partial charge in [-0.05, 0) is 65.7 Å². The quantitative estimate of drug-likeness (QED) is 0.166. The summed E-state index contributed by atoms with van der Waals surface area (Å²) in [6.45, 7) is 0.524. The molecule has 0 atom stereocenters. The van der Waals surface area contributed by atoms with E-state index in [1.54, 1.807) is 60.7 Å². The SMILES string of the molecule is O=C1NC(=O)N(c2ccc(OCc3ccccc3)cc2)C(=O)/C1=C/c1ccc(OCc2ccc(Cl)cc2Cl)c(Cl)c1. The van der Waals surface area contributed by atoms with Gasteiger partial charge in [-0.3, -0.25) is 14.9 Å². The molecule has 1 fully saturated rings. The van der Waals surface area contributed by atoms with E-state index >= 15 is 0 Å². The fourth-order valence-corrected chi connectivity index (χ4v) is 4.72. The Morgan fingerprint density at radius 3 is 2.22 bits per heavy atom. The molecule has 206 valence electrons. The number of barbiturate groups is 1. The lowest BCUT2D eigenvalue weighted by Crippen LogP contribution is -2.54. The first-order valence-corrected chi connectivity index (χ1v) is 13.5. The lowest BCUT2D eigenvalue weighted by atomic mass is 10.1. The molecule has 0 aliphatic carbocycles. The van der Waals surface area contributed by atoms with Gasteiger partial charge >= 0.3 is 6.03 Å². The Labute approximate surface area is 250 Å². The lowest BCUT2D eigenvalue weighted by Gasteiger charge is -2.26. The average Bonchev–Trinajstić information content (AvgIpc) is 2.95. The van der Waals surface area contributed by atoms with Crippen LogP contribution < -0.4 is 19.7 Å². The molecule has 7 nitrogen and oxygen atoms in total. The minimum absolute atomic E-state index is 0.157. The van der Waals surface area contributed by atoms with Gasteiger partial charge in [0.15, 0.2) is 0 Å². The van der Waals surface area contributed by atoms with Gasteiger partial charge in [-0.1, -0.05) is 77.3 Å².